The monoisotopic (exact) mass is 389 g/mol. The first kappa shape index (κ1) is 18.0. The number of ether oxygens (including phenoxy) is 1. The Balaban J connectivity index is 1.87. The molecular weight excluding hydrogens is 374 g/mol. The highest BCUT2D eigenvalue weighted by atomic mass is 35.5. The first-order chi connectivity index (χ1) is 13.5. The molecule has 1 aromatic heterocycles. The molecule has 0 fully saturated rings. The zero-order chi connectivity index (χ0) is 19.7. The molecule has 5 heteroatoms. The number of aryl methyl sites for hydroxylation is 1. The summed E-state index contributed by atoms with van der Waals surface area (Å²) >= 11 is 5.97. The normalized spacial score (nSPS) is 10.8. The van der Waals surface area contributed by atoms with Crippen LogP contribution in [-0.4, -0.2) is 10.5 Å². The van der Waals surface area contributed by atoms with Crippen LogP contribution in [0, 0.1) is 6.92 Å². The maximum atomic E-state index is 13.0. The summed E-state index contributed by atoms with van der Waals surface area (Å²) in [5.74, 6) is -0.214. The fraction of sp³-hybridized carbons (Fsp3) is 0.0435. The maximum absolute atomic E-state index is 13.0. The molecular formula is C23H16ClNO3. The molecule has 0 saturated heterocycles. The lowest BCUT2D eigenvalue weighted by atomic mass is 10.1. The summed E-state index contributed by atoms with van der Waals surface area (Å²) < 4.78 is 6.97. The average Bonchev–Trinajstić information content (AvgIpc) is 2.69. The molecule has 0 radical (unpaired) electrons. The van der Waals surface area contributed by atoms with Crippen molar-refractivity contribution in [3.8, 4) is 11.4 Å². The van der Waals surface area contributed by atoms with Crippen molar-refractivity contribution in [1.29, 1.82) is 0 Å². The van der Waals surface area contributed by atoms with Crippen molar-refractivity contribution in [2.24, 2.45) is 0 Å². The van der Waals surface area contributed by atoms with Gasteiger partial charge in [0.15, 0.2) is 0 Å². The molecule has 0 saturated carbocycles. The summed E-state index contributed by atoms with van der Waals surface area (Å²) in [7, 11) is 0. The first-order valence-corrected chi connectivity index (χ1v) is 9.10. The number of rotatable bonds is 3. The van der Waals surface area contributed by atoms with Crippen molar-refractivity contribution < 1.29 is 9.53 Å². The number of hydrogen-bond donors (Lipinski definition) is 0. The SMILES string of the molecule is Cc1ccc(-n2cc(C(=O)Oc3cccc(Cl)c3)c3ccccc3c2=O)cc1. The highest BCUT2D eigenvalue weighted by molar-refractivity contribution is 6.30. The van der Waals surface area contributed by atoms with Crippen LogP contribution in [0.5, 0.6) is 5.75 Å². The maximum Gasteiger partial charge on any atom is 0.345 e. The zero-order valence-electron chi connectivity index (χ0n) is 15.1. The van der Waals surface area contributed by atoms with Gasteiger partial charge in [0.05, 0.1) is 5.56 Å². The molecule has 0 N–H and O–H groups in total. The van der Waals surface area contributed by atoms with E-state index in [0.717, 1.165) is 5.56 Å². The Hall–Kier alpha value is -3.37. The number of fused-ring (bicyclic) bond motifs is 1. The molecule has 1 heterocycles. The summed E-state index contributed by atoms with van der Waals surface area (Å²) in [5, 5.41) is 1.46. The fourth-order valence-electron chi connectivity index (χ4n) is 3.04. The van der Waals surface area contributed by atoms with E-state index in [2.05, 4.69) is 0 Å². The quantitative estimate of drug-likeness (QED) is 0.358. The number of carbonyl (C=O) groups excluding carboxylic acids is 1. The van der Waals surface area contributed by atoms with Gasteiger partial charge in [-0.1, -0.05) is 53.6 Å². The van der Waals surface area contributed by atoms with Crippen molar-refractivity contribution in [3.05, 3.63) is 105 Å². The van der Waals surface area contributed by atoms with Crippen LogP contribution in [0.3, 0.4) is 0 Å². The average molecular weight is 390 g/mol. The number of carbonyl (C=O) groups is 1. The lowest BCUT2D eigenvalue weighted by Gasteiger charge is -2.12. The molecule has 0 aliphatic rings. The van der Waals surface area contributed by atoms with E-state index in [1.165, 1.54) is 10.8 Å². The number of nitrogens with zero attached hydrogens (tertiary/aromatic N) is 1. The highest BCUT2D eigenvalue weighted by Crippen LogP contribution is 2.22. The van der Waals surface area contributed by atoms with E-state index in [-0.39, 0.29) is 5.56 Å². The van der Waals surface area contributed by atoms with E-state index in [0.29, 0.717) is 32.8 Å². The van der Waals surface area contributed by atoms with Crippen LogP contribution in [0.25, 0.3) is 16.5 Å². The predicted molar refractivity (Wildman–Crippen MR) is 111 cm³/mol. The predicted octanol–water partition coefficient (Wildman–Crippen LogP) is 5.17. The topological polar surface area (TPSA) is 48.3 Å². The molecule has 4 rings (SSSR count). The van der Waals surface area contributed by atoms with Gasteiger partial charge in [0.2, 0.25) is 0 Å². The Morgan fingerprint density at radius 1 is 0.929 bits per heavy atom. The Morgan fingerprint density at radius 3 is 2.36 bits per heavy atom. The van der Waals surface area contributed by atoms with Gasteiger partial charge in [-0.15, -0.1) is 0 Å². The van der Waals surface area contributed by atoms with Gasteiger partial charge < -0.3 is 4.74 Å². The molecule has 138 valence electrons. The van der Waals surface area contributed by atoms with Crippen molar-refractivity contribution in [1.82, 2.24) is 4.57 Å². The van der Waals surface area contributed by atoms with Gasteiger partial charge in [0.25, 0.3) is 5.56 Å². The van der Waals surface area contributed by atoms with Crippen LogP contribution in [0.2, 0.25) is 5.02 Å². The number of aromatic nitrogens is 1. The molecule has 4 aromatic rings. The second kappa shape index (κ2) is 7.33. The number of pyridine rings is 1. The lowest BCUT2D eigenvalue weighted by molar-refractivity contribution is 0.0736. The number of esters is 1. The van der Waals surface area contributed by atoms with Crippen LogP contribution < -0.4 is 10.3 Å². The van der Waals surface area contributed by atoms with E-state index in [4.69, 9.17) is 16.3 Å². The van der Waals surface area contributed by atoms with Crippen LogP contribution in [0.15, 0.2) is 83.8 Å². The first-order valence-electron chi connectivity index (χ1n) is 8.72. The van der Waals surface area contributed by atoms with Crippen molar-refractivity contribution >= 4 is 28.3 Å². The minimum absolute atomic E-state index is 0.196. The molecule has 3 aromatic carbocycles. The Kier molecular flexibility index (Phi) is 4.72. The van der Waals surface area contributed by atoms with E-state index in [1.54, 1.807) is 48.5 Å². The minimum atomic E-state index is -0.556. The second-order valence-corrected chi connectivity index (χ2v) is 6.88. The molecule has 0 unspecified atom stereocenters. The molecule has 0 bridgehead atoms. The summed E-state index contributed by atoms with van der Waals surface area (Å²) in [4.78, 5) is 25.9. The lowest BCUT2D eigenvalue weighted by Crippen LogP contribution is -2.22. The van der Waals surface area contributed by atoms with Crippen molar-refractivity contribution in [2.45, 2.75) is 6.92 Å². The molecule has 0 atom stereocenters. The molecule has 0 aliphatic heterocycles. The van der Waals surface area contributed by atoms with Crippen molar-refractivity contribution in [3.63, 3.8) is 0 Å². The third-order valence-corrected chi connectivity index (χ3v) is 4.70. The van der Waals surface area contributed by atoms with Crippen LogP contribution >= 0.6 is 11.6 Å². The highest BCUT2D eigenvalue weighted by Gasteiger charge is 2.17. The van der Waals surface area contributed by atoms with Crippen LogP contribution in [-0.2, 0) is 0 Å². The van der Waals surface area contributed by atoms with E-state index < -0.39 is 5.97 Å². The van der Waals surface area contributed by atoms with Gasteiger partial charge in [-0.2, -0.15) is 0 Å². The third kappa shape index (κ3) is 3.42. The van der Waals surface area contributed by atoms with E-state index in [1.807, 2.05) is 31.2 Å². The Morgan fingerprint density at radius 2 is 1.64 bits per heavy atom. The fourth-order valence-corrected chi connectivity index (χ4v) is 3.22. The summed E-state index contributed by atoms with van der Waals surface area (Å²) in [5.41, 5.74) is 1.87. The molecule has 0 amide bonds. The molecule has 0 spiro atoms. The van der Waals surface area contributed by atoms with Gasteiger partial charge in [-0.05, 0) is 43.3 Å². The number of halogens is 1. The molecule has 28 heavy (non-hydrogen) atoms. The van der Waals surface area contributed by atoms with Gasteiger partial charge in [-0.25, -0.2) is 4.79 Å². The summed E-state index contributed by atoms with van der Waals surface area (Å²) in [6, 6.07) is 21.2. The Labute approximate surface area is 166 Å². The van der Waals surface area contributed by atoms with E-state index >= 15 is 0 Å². The third-order valence-electron chi connectivity index (χ3n) is 4.46. The number of benzene rings is 3. The molecule has 4 nitrogen and oxygen atoms in total. The van der Waals surface area contributed by atoms with E-state index in [9.17, 15) is 9.59 Å². The smallest absolute Gasteiger partial charge is 0.345 e. The van der Waals surface area contributed by atoms with Gasteiger partial charge >= 0.3 is 5.97 Å². The number of hydrogen-bond acceptors (Lipinski definition) is 3. The zero-order valence-corrected chi connectivity index (χ0v) is 15.8. The van der Waals surface area contributed by atoms with Crippen LogP contribution in [0.4, 0.5) is 0 Å². The summed E-state index contributed by atoms with van der Waals surface area (Å²) in [6.45, 7) is 1.97. The van der Waals surface area contributed by atoms with Gasteiger partial charge in [-0.3, -0.25) is 9.36 Å². The standard InChI is InChI=1S/C23H16ClNO3/c1-15-9-11-17(12-10-15)25-14-21(19-7-2-3-8-20(19)22(25)26)23(27)28-18-6-4-5-16(24)13-18/h2-14H,1H3. The minimum Gasteiger partial charge on any atom is -0.423 e. The largest absolute Gasteiger partial charge is 0.423 e. The van der Waals surface area contributed by atoms with Gasteiger partial charge in [0, 0.05) is 27.7 Å². The Bertz CT molecular complexity index is 1240. The van der Waals surface area contributed by atoms with Crippen LogP contribution in [0.1, 0.15) is 15.9 Å². The second-order valence-electron chi connectivity index (χ2n) is 6.45. The van der Waals surface area contributed by atoms with Gasteiger partial charge in [0.1, 0.15) is 5.75 Å². The van der Waals surface area contributed by atoms with Crippen molar-refractivity contribution in [2.75, 3.05) is 0 Å². The summed E-state index contributed by atoms with van der Waals surface area (Å²) in [6.07, 6.45) is 1.53. The molecule has 0 aliphatic carbocycles.